The zero-order chi connectivity index (χ0) is 19.3. The van der Waals surface area contributed by atoms with E-state index in [0.29, 0.717) is 23.9 Å². The third kappa shape index (κ3) is 4.91. The Morgan fingerprint density at radius 2 is 2.11 bits per heavy atom. The van der Waals surface area contributed by atoms with Gasteiger partial charge in [-0.15, -0.1) is 22.7 Å². The summed E-state index contributed by atoms with van der Waals surface area (Å²) in [6.45, 7) is 3.81. The molecule has 0 fully saturated rings. The molecule has 1 aliphatic heterocycles. The number of nitrogens with zero attached hydrogens (tertiary/aromatic N) is 2. The van der Waals surface area contributed by atoms with Crippen molar-refractivity contribution < 1.29 is 9.53 Å². The van der Waals surface area contributed by atoms with Gasteiger partial charge in [-0.25, -0.2) is 4.98 Å². The number of fused-ring (bicyclic) bond motifs is 1. The summed E-state index contributed by atoms with van der Waals surface area (Å²) in [7, 11) is 0. The van der Waals surface area contributed by atoms with Gasteiger partial charge < -0.3 is 10.1 Å². The molecule has 5 nitrogen and oxygen atoms in total. The molecule has 0 spiro atoms. The van der Waals surface area contributed by atoms with Crippen LogP contribution in [0.25, 0.3) is 0 Å². The lowest BCUT2D eigenvalue weighted by Gasteiger charge is -2.26. The van der Waals surface area contributed by atoms with Gasteiger partial charge in [-0.05, 0) is 47.7 Å². The topological polar surface area (TPSA) is 54.5 Å². The largest absolute Gasteiger partial charge is 0.486 e. The molecular weight excluding hydrogens is 414 g/mol. The van der Waals surface area contributed by atoms with Crippen molar-refractivity contribution in [1.82, 2.24) is 15.2 Å². The number of hydrogen-bond donors (Lipinski definition) is 1. The molecule has 2 aromatic heterocycles. The minimum absolute atomic E-state index is 0.137. The quantitative estimate of drug-likeness (QED) is 0.606. The zero-order valence-electron chi connectivity index (χ0n) is 15.2. The Bertz CT molecular complexity index is 939. The Balaban J connectivity index is 1.21. The first-order valence-electron chi connectivity index (χ1n) is 9.06. The Morgan fingerprint density at radius 1 is 1.25 bits per heavy atom. The second-order valence-corrected chi connectivity index (χ2v) is 8.90. The highest BCUT2D eigenvalue weighted by molar-refractivity contribution is 7.10. The van der Waals surface area contributed by atoms with E-state index in [2.05, 4.69) is 26.6 Å². The van der Waals surface area contributed by atoms with Crippen LogP contribution in [0.3, 0.4) is 0 Å². The molecule has 0 aliphatic carbocycles. The molecule has 8 heteroatoms. The number of ether oxygens (including phenoxy) is 1. The SMILES string of the molecule is O=C(NCCN1CCc2sccc2C1)c1csc(COc2ccc(Cl)cc2)n1. The van der Waals surface area contributed by atoms with E-state index in [1.54, 1.807) is 17.5 Å². The average molecular weight is 434 g/mol. The average Bonchev–Trinajstić information content (AvgIpc) is 3.36. The first-order chi connectivity index (χ1) is 13.7. The van der Waals surface area contributed by atoms with Crippen LogP contribution in [0.1, 0.15) is 25.9 Å². The van der Waals surface area contributed by atoms with Crippen molar-refractivity contribution in [2.75, 3.05) is 19.6 Å². The highest BCUT2D eigenvalue weighted by Gasteiger charge is 2.17. The van der Waals surface area contributed by atoms with Crippen LogP contribution in [0.4, 0.5) is 0 Å². The maximum absolute atomic E-state index is 12.3. The molecule has 0 saturated heterocycles. The van der Waals surface area contributed by atoms with Gasteiger partial charge in [0.2, 0.25) is 0 Å². The number of hydrogen-bond acceptors (Lipinski definition) is 6. The fraction of sp³-hybridized carbons (Fsp3) is 0.300. The van der Waals surface area contributed by atoms with Crippen LogP contribution >= 0.6 is 34.3 Å². The van der Waals surface area contributed by atoms with E-state index < -0.39 is 0 Å². The number of carbonyl (C=O) groups excluding carboxylic acids is 1. The van der Waals surface area contributed by atoms with Crippen molar-refractivity contribution in [3.05, 3.63) is 67.3 Å². The number of thiazole rings is 1. The van der Waals surface area contributed by atoms with Crippen LogP contribution in [0.5, 0.6) is 5.75 Å². The van der Waals surface area contributed by atoms with Gasteiger partial charge >= 0.3 is 0 Å². The zero-order valence-corrected chi connectivity index (χ0v) is 17.6. The summed E-state index contributed by atoms with van der Waals surface area (Å²) in [6.07, 6.45) is 1.10. The minimum atomic E-state index is -0.137. The number of nitrogens with one attached hydrogen (secondary N) is 1. The molecule has 1 N–H and O–H groups in total. The highest BCUT2D eigenvalue weighted by atomic mass is 35.5. The molecular formula is C20H20ClN3O2S2. The van der Waals surface area contributed by atoms with Gasteiger partial charge in [0.05, 0.1) is 0 Å². The predicted molar refractivity (Wildman–Crippen MR) is 114 cm³/mol. The fourth-order valence-corrected chi connectivity index (χ4v) is 4.77. The van der Waals surface area contributed by atoms with Crippen LogP contribution in [0.2, 0.25) is 5.02 Å². The maximum atomic E-state index is 12.3. The molecule has 0 bridgehead atoms. The van der Waals surface area contributed by atoms with Gasteiger partial charge in [-0.2, -0.15) is 0 Å². The number of thiophene rings is 1. The molecule has 146 valence electrons. The lowest BCUT2D eigenvalue weighted by atomic mass is 10.1. The fourth-order valence-electron chi connectivity index (χ4n) is 3.07. The van der Waals surface area contributed by atoms with Gasteiger partial charge in [-0.1, -0.05) is 11.6 Å². The van der Waals surface area contributed by atoms with Crippen LogP contribution in [-0.4, -0.2) is 35.4 Å². The van der Waals surface area contributed by atoms with Crippen molar-refractivity contribution in [1.29, 1.82) is 0 Å². The first kappa shape index (κ1) is 19.4. The maximum Gasteiger partial charge on any atom is 0.270 e. The Labute approximate surface area is 176 Å². The van der Waals surface area contributed by atoms with Gasteiger partial charge in [0, 0.05) is 41.5 Å². The molecule has 0 atom stereocenters. The van der Waals surface area contributed by atoms with E-state index in [4.69, 9.17) is 16.3 Å². The molecule has 0 unspecified atom stereocenters. The summed E-state index contributed by atoms with van der Waals surface area (Å²) < 4.78 is 5.67. The molecule has 0 radical (unpaired) electrons. The summed E-state index contributed by atoms with van der Waals surface area (Å²) in [5.41, 5.74) is 1.87. The van der Waals surface area contributed by atoms with Crippen LogP contribution in [0.15, 0.2) is 41.1 Å². The standard InChI is InChI=1S/C20H20ClN3O2S2/c21-15-1-3-16(4-2-15)26-12-19-23-17(13-28-19)20(25)22-7-9-24-8-5-18-14(11-24)6-10-27-18/h1-4,6,10,13H,5,7-9,11-12H2,(H,22,25). The number of aromatic nitrogens is 1. The van der Waals surface area contributed by atoms with Crippen LogP contribution in [-0.2, 0) is 19.6 Å². The van der Waals surface area contributed by atoms with E-state index in [1.807, 2.05) is 23.5 Å². The van der Waals surface area contributed by atoms with E-state index >= 15 is 0 Å². The number of halogens is 1. The van der Waals surface area contributed by atoms with Crippen molar-refractivity contribution in [2.45, 2.75) is 19.6 Å². The van der Waals surface area contributed by atoms with Crippen molar-refractivity contribution >= 4 is 40.2 Å². The second kappa shape index (κ2) is 9.05. The lowest BCUT2D eigenvalue weighted by molar-refractivity contribution is 0.0942. The van der Waals surface area contributed by atoms with E-state index in [1.165, 1.54) is 21.8 Å². The predicted octanol–water partition coefficient (Wildman–Crippen LogP) is 4.23. The van der Waals surface area contributed by atoms with Gasteiger partial charge in [0.1, 0.15) is 23.1 Å². The van der Waals surface area contributed by atoms with Crippen molar-refractivity contribution in [3.63, 3.8) is 0 Å². The second-order valence-electron chi connectivity index (χ2n) is 6.52. The van der Waals surface area contributed by atoms with Crippen molar-refractivity contribution in [3.8, 4) is 5.75 Å². The molecule has 3 aromatic rings. The van der Waals surface area contributed by atoms with Crippen LogP contribution < -0.4 is 10.1 Å². The van der Waals surface area contributed by atoms with Crippen molar-refractivity contribution in [2.24, 2.45) is 0 Å². The Hall–Kier alpha value is -1.93. The highest BCUT2D eigenvalue weighted by Crippen LogP contribution is 2.23. The minimum Gasteiger partial charge on any atom is -0.486 e. The Kier molecular flexibility index (Phi) is 6.26. The molecule has 0 saturated carbocycles. The molecule has 1 aromatic carbocycles. The normalized spacial score (nSPS) is 13.9. The smallest absolute Gasteiger partial charge is 0.270 e. The van der Waals surface area contributed by atoms with Gasteiger partial charge in [-0.3, -0.25) is 9.69 Å². The lowest BCUT2D eigenvalue weighted by Crippen LogP contribution is -2.37. The Morgan fingerprint density at radius 3 is 2.96 bits per heavy atom. The number of benzene rings is 1. The molecule has 4 rings (SSSR count). The van der Waals surface area contributed by atoms with E-state index in [0.717, 1.165) is 36.8 Å². The van der Waals surface area contributed by atoms with E-state index in [-0.39, 0.29) is 5.91 Å². The number of rotatable bonds is 7. The summed E-state index contributed by atoms with van der Waals surface area (Å²) in [5.74, 6) is 0.586. The third-order valence-corrected chi connectivity index (χ3v) is 6.66. The molecule has 3 heterocycles. The van der Waals surface area contributed by atoms with Crippen LogP contribution in [0, 0.1) is 0 Å². The summed E-state index contributed by atoms with van der Waals surface area (Å²) in [5, 5.41) is 8.33. The molecule has 1 aliphatic rings. The van der Waals surface area contributed by atoms with E-state index in [9.17, 15) is 4.79 Å². The molecule has 1 amide bonds. The monoisotopic (exact) mass is 433 g/mol. The summed E-state index contributed by atoms with van der Waals surface area (Å²) >= 11 is 9.12. The number of carbonyl (C=O) groups is 1. The third-order valence-electron chi connectivity index (χ3n) is 4.56. The number of amides is 1. The van der Waals surface area contributed by atoms with Gasteiger partial charge in [0.25, 0.3) is 5.91 Å². The molecule has 28 heavy (non-hydrogen) atoms. The summed E-state index contributed by atoms with van der Waals surface area (Å²) in [6, 6.07) is 9.37. The summed E-state index contributed by atoms with van der Waals surface area (Å²) in [4.78, 5) is 20.6. The first-order valence-corrected chi connectivity index (χ1v) is 11.2. The van der Waals surface area contributed by atoms with Gasteiger partial charge in [0.15, 0.2) is 0 Å².